The summed E-state index contributed by atoms with van der Waals surface area (Å²) in [5.74, 6) is 0.217. The molecule has 2 rings (SSSR count). The largest absolute Gasteiger partial charge is 0.491 e. The van der Waals surface area contributed by atoms with Gasteiger partial charge >= 0.3 is 6.03 Å². The number of benzene rings is 2. The first-order chi connectivity index (χ1) is 11.6. The van der Waals surface area contributed by atoms with Gasteiger partial charge in [-0.25, -0.2) is 9.18 Å². The van der Waals surface area contributed by atoms with Crippen molar-refractivity contribution in [3.8, 4) is 5.75 Å². The number of nitrogens with one attached hydrogen (secondary N) is 2. The molecule has 5 nitrogen and oxygen atoms in total. The predicted molar refractivity (Wildman–Crippen MR) is 90.6 cm³/mol. The number of carbonyl (C=O) groups excluding carboxylic acids is 1. The van der Waals surface area contributed by atoms with E-state index in [4.69, 9.17) is 4.74 Å². The van der Waals surface area contributed by atoms with Crippen LogP contribution in [0.1, 0.15) is 25.0 Å². The number of urea groups is 1. The zero-order valence-corrected chi connectivity index (χ0v) is 13.5. The summed E-state index contributed by atoms with van der Waals surface area (Å²) in [6.07, 6.45) is -0.0485. The molecular weight excluding hydrogens is 311 g/mol. The lowest BCUT2D eigenvalue weighted by Gasteiger charge is -2.15. The van der Waals surface area contributed by atoms with E-state index in [0.29, 0.717) is 23.6 Å². The number of halogens is 1. The number of aliphatic hydroxyl groups excluding tert-OH is 1. The zero-order valence-electron chi connectivity index (χ0n) is 13.5. The van der Waals surface area contributed by atoms with Crippen molar-refractivity contribution in [3.63, 3.8) is 0 Å². The lowest BCUT2D eigenvalue weighted by molar-refractivity contribution is 0.175. The second-order valence-corrected chi connectivity index (χ2v) is 5.25. The topological polar surface area (TPSA) is 70.6 Å². The van der Waals surface area contributed by atoms with Crippen LogP contribution in [0.15, 0.2) is 48.5 Å². The number of para-hydroxylation sites is 2. The number of ether oxygens (including phenoxy) is 1. The van der Waals surface area contributed by atoms with Gasteiger partial charge in [-0.3, -0.25) is 0 Å². The minimum absolute atomic E-state index is 0.00937. The molecule has 0 spiro atoms. The third kappa shape index (κ3) is 5.24. The molecule has 0 aliphatic heterocycles. The summed E-state index contributed by atoms with van der Waals surface area (Å²) in [5, 5.41) is 15.3. The first kappa shape index (κ1) is 17.7. The van der Waals surface area contributed by atoms with Gasteiger partial charge in [0, 0.05) is 6.54 Å². The molecule has 0 bridgehead atoms. The van der Waals surface area contributed by atoms with Gasteiger partial charge in [-0.1, -0.05) is 31.2 Å². The SMILES string of the molecule is CCCOc1ccccc1NC(=O)NCC(O)c1ccc(F)cc1. The highest BCUT2D eigenvalue weighted by Crippen LogP contribution is 2.23. The zero-order chi connectivity index (χ0) is 17.4. The lowest BCUT2D eigenvalue weighted by atomic mass is 10.1. The molecule has 0 aliphatic rings. The van der Waals surface area contributed by atoms with Crippen molar-refractivity contribution in [2.24, 2.45) is 0 Å². The molecule has 0 aliphatic carbocycles. The van der Waals surface area contributed by atoms with Gasteiger partial charge in [-0.15, -0.1) is 0 Å². The van der Waals surface area contributed by atoms with Gasteiger partial charge in [-0.05, 0) is 36.2 Å². The van der Waals surface area contributed by atoms with E-state index in [1.165, 1.54) is 24.3 Å². The van der Waals surface area contributed by atoms with Crippen molar-refractivity contribution in [2.75, 3.05) is 18.5 Å². The highest BCUT2D eigenvalue weighted by Gasteiger charge is 2.11. The summed E-state index contributed by atoms with van der Waals surface area (Å²) in [5.41, 5.74) is 1.09. The minimum Gasteiger partial charge on any atom is -0.491 e. The molecular formula is C18H21FN2O3. The summed E-state index contributed by atoms with van der Waals surface area (Å²) >= 11 is 0. The average Bonchev–Trinajstić information content (AvgIpc) is 2.59. The summed E-state index contributed by atoms with van der Waals surface area (Å²) < 4.78 is 18.4. The Labute approximate surface area is 140 Å². The number of anilines is 1. The van der Waals surface area contributed by atoms with E-state index in [-0.39, 0.29) is 12.4 Å². The Balaban J connectivity index is 1.88. The van der Waals surface area contributed by atoms with Gasteiger partial charge in [-0.2, -0.15) is 0 Å². The molecule has 0 saturated heterocycles. The first-order valence-electron chi connectivity index (χ1n) is 7.80. The van der Waals surface area contributed by atoms with Crippen molar-refractivity contribution >= 4 is 11.7 Å². The van der Waals surface area contributed by atoms with Crippen LogP contribution < -0.4 is 15.4 Å². The van der Waals surface area contributed by atoms with Crippen LogP contribution in [0.4, 0.5) is 14.9 Å². The third-order valence-corrected chi connectivity index (χ3v) is 3.31. The summed E-state index contributed by atoms with van der Waals surface area (Å²) in [6, 6.07) is 12.2. The normalized spacial score (nSPS) is 11.6. The maximum absolute atomic E-state index is 12.9. The molecule has 3 N–H and O–H groups in total. The first-order valence-corrected chi connectivity index (χ1v) is 7.80. The second kappa shape index (κ2) is 8.88. The van der Waals surface area contributed by atoms with E-state index < -0.39 is 12.1 Å². The number of hydrogen-bond donors (Lipinski definition) is 3. The molecule has 2 aromatic carbocycles. The summed E-state index contributed by atoms with van der Waals surface area (Å²) in [7, 11) is 0. The van der Waals surface area contributed by atoms with E-state index in [1.54, 1.807) is 18.2 Å². The van der Waals surface area contributed by atoms with Crippen LogP contribution in [0.3, 0.4) is 0 Å². The second-order valence-electron chi connectivity index (χ2n) is 5.25. The Morgan fingerprint density at radius 3 is 2.62 bits per heavy atom. The fourth-order valence-electron chi connectivity index (χ4n) is 2.07. The minimum atomic E-state index is -0.914. The van der Waals surface area contributed by atoms with E-state index >= 15 is 0 Å². The van der Waals surface area contributed by atoms with Crippen molar-refractivity contribution in [2.45, 2.75) is 19.4 Å². The van der Waals surface area contributed by atoms with Crippen LogP contribution in [-0.2, 0) is 0 Å². The van der Waals surface area contributed by atoms with Gasteiger partial charge in [0.05, 0.1) is 18.4 Å². The molecule has 6 heteroatoms. The number of amides is 2. The highest BCUT2D eigenvalue weighted by atomic mass is 19.1. The van der Waals surface area contributed by atoms with Gasteiger partial charge < -0.3 is 20.5 Å². The third-order valence-electron chi connectivity index (χ3n) is 3.31. The van der Waals surface area contributed by atoms with Crippen LogP contribution >= 0.6 is 0 Å². The Morgan fingerprint density at radius 2 is 1.92 bits per heavy atom. The molecule has 128 valence electrons. The van der Waals surface area contributed by atoms with Gasteiger partial charge in [0.15, 0.2) is 0 Å². The van der Waals surface area contributed by atoms with Crippen molar-refractivity contribution in [1.29, 1.82) is 0 Å². The average molecular weight is 332 g/mol. The van der Waals surface area contributed by atoms with Gasteiger partial charge in [0.1, 0.15) is 11.6 Å². The van der Waals surface area contributed by atoms with Crippen LogP contribution in [0.25, 0.3) is 0 Å². The number of aliphatic hydroxyl groups is 1. The van der Waals surface area contributed by atoms with Crippen LogP contribution in [0.5, 0.6) is 5.75 Å². The lowest BCUT2D eigenvalue weighted by Crippen LogP contribution is -2.32. The molecule has 0 heterocycles. The molecule has 0 radical (unpaired) electrons. The van der Waals surface area contributed by atoms with E-state index in [0.717, 1.165) is 6.42 Å². The van der Waals surface area contributed by atoms with E-state index in [2.05, 4.69) is 10.6 Å². The predicted octanol–water partition coefficient (Wildman–Crippen LogP) is 3.47. The number of hydrogen-bond acceptors (Lipinski definition) is 3. The molecule has 24 heavy (non-hydrogen) atoms. The highest BCUT2D eigenvalue weighted by molar-refractivity contribution is 5.90. The number of carbonyl (C=O) groups is 1. The molecule has 2 amide bonds. The Bertz CT molecular complexity index is 662. The fraction of sp³-hybridized carbons (Fsp3) is 0.278. The molecule has 0 saturated carbocycles. The molecule has 0 fully saturated rings. The summed E-state index contributed by atoms with van der Waals surface area (Å²) in [4.78, 5) is 12.0. The quantitative estimate of drug-likeness (QED) is 0.727. The molecule has 1 atom stereocenters. The monoisotopic (exact) mass is 332 g/mol. The Morgan fingerprint density at radius 1 is 1.21 bits per heavy atom. The van der Waals surface area contributed by atoms with Crippen LogP contribution in [0, 0.1) is 5.82 Å². The van der Waals surface area contributed by atoms with Crippen molar-refractivity contribution < 1.29 is 19.0 Å². The van der Waals surface area contributed by atoms with Crippen molar-refractivity contribution in [1.82, 2.24) is 5.32 Å². The molecule has 0 aromatic heterocycles. The van der Waals surface area contributed by atoms with Gasteiger partial charge in [0.2, 0.25) is 0 Å². The number of rotatable bonds is 7. The Kier molecular flexibility index (Phi) is 6.57. The molecule has 2 aromatic rings. The molecule has 1 unspecified atom stereocenters. The maximum Gasteiger partial charge on any atom is 0.319 e. The summed E-state index contributed by atoms with van der Waals surface area (Å²) in [6.45, 7) is 2.57. The van der Waals surface area contributed by atoms with E-state index in [1.807, 2.05) is 13.0 Å². The maximum atomic E-state index is 12.9. The standard InChI is InChI=1S/C18H21FN2O3/c1-2-11-24-17-6-4-3-5-15(17)21-18(23)20-12-16(22)13-7-9-14(19)10-8-13/h3-10,16,22H,2,11-12H2,1H3,(H2,20,21,23). The van der Waals surface area contributed by atoms with Crippen LogP contribution in [0.2, 0.25) is 0 Å². The van der Waals surface area contributed by atoms with Crippen molar-refractivity contribution in [3.05, 3.63) is 59.9 Å². The van der Waals surface area contributed by atoms with Crippen LogP contribution in [-0.4, -0.2) is 24.3 Å². The van der Waals surface area contributed by atoms with E-state index in [9.17, 15) is 14.3 Å². The smallest absolute Gasteiger partial charge is 0.319 e. The van der Waals surface area contributed by atoms with Gasteiger partial charge in [0.25, 0.3) is 0 Å². The Hall–Kier alpha value is -2.60. The fourth-order valence-corrected chi connectivity index (χ4v) is 2.07.